The molecule has 3 nitrogen and oxygen atoms in total. The van der Waals surface area contributed by atoms with Gasteiger partial charge in [0.25, 0.3) is 0 Å². The monoisotopic (exact) mass is 302 g/mol. The van der Waals surface area contributed by atoms with Crippen molar-refractivity contribution in [3.8, 4) is 17.2 Å². The van der Waals surface area contributed by atoms with E-state index in [9.17, 15) is 10.2 Å². The van der Waals surface area contributed by atoms with E-state index in [1.807, 2.05) is 0 Å². The van der Waals surface area contributed by atoms with Crippen LogP contribution in [0.4, 0.5) is 0 Å². The van der Waals surface area contributed by atoms with Crippen LogP contribution in [0, 0.1) is 5.92 Å². The fourth-order valence-electron chi connectivity index (χ4n) is 3.19. The van der Waals surface area contributed by atoms with Crippen LogP contribution < -0.4 is 4.74 Å². The standard InChI is InChI=1S/C19H26O3/c1-12(2)5-7-14-8-6-13(3)9-16(14)19-17(21)10-15(20)11-18(19)22-4/h5,9-11,14,16,20-21H,6-8H2,1-4H3. The number of methoxy groups -OCH3 is 1. The third-order valence-corrected chi connectivity index (χ3v) is 4.37. The first-order valence-corrected chi connectivity index (χ1v) is 7.83. The van der Waals surface area contributed by atoms with E-state index in [2.05, 4.69) is 32.9 Å². The van der Waals surface area contributed by atoms with Crippen LogP contribution in [0.3, 0.4) is 0 Å². The van der Waals surface area contributed by atoms with E-state index in [-0.39, 0.29) is 17.4 Å². The van der Waals surface area contributed by atoms with Gasteiger partial charge in [-0.1, -0.05) is 23.3 Å². The second kappa shape index (κ2) is 6.91. The van der Waals surface area contributed by atoms with Crippen molar-refractivity contribution in [3.63, 3.8) is 0 Å². The van der Waals surface area contributed by atoms with Crippen LogP contribution in [-0.2, 0) is 0 Å². The Hall–Kier alpha value is -1.90. The summed E-state index contributed by atoms with van der Waals surface area (Å²) in [4.78, 5) is 0. The number of hydrogen-bond donors (Lipinski definition) is 2. The van der Waals surface area contributed by atoms with E-state index < -0.39 is 0 Å². The van der Waals surface area contributed by atoms with Crippen molar-refractivity contribution in [2.75, 3.05) is 7.11 Å². The Morgan fingerprint density at radius 2 is 2.05 bits per heavy atom. The topological polar surface area (TPSA) is 49.7 Å². The van der Waals surface area contributed by atoms with Gasteiger partial charge in [-0.3, -0.25) is 0 Å². The number of hydrogen-bond acceptors (Lipinski definition) is 3. The Kier molecular flexibility index (Phi) is 5.17. The molecule has 2 atom stereocenters. The van der Waals surface area contributed by atoms with Crippen LogP contribution in [-0.4, -0.2) is 17.3 Å². The van der Waals surface area contributed by atoms with Crippen molar-refractivity contribution in [2.45, 2.75) is 46.0 Å². The molecule has 22 heavy (non-hydrogen) atoms. The van der Waals surface area contributed by atoms with Gasteiger partial charge in [0.2, 0.25) is 0 Å². The summed E-state index contributed by atoms with van der Waals surface area (Å²) in [5.41, 5.74) is 3.44. The maximum absolute atomic E-state index is 10.4. The minimum atomic E-state index is 0.0236. The molecule has 1 aliphatic rings. The number of phenolic OH excluding ortho intramolecular Hbond substituents is 2. The molecule has 120 valence electrons. The van der Waals surface area contributed by atoms with Gasteiger partial charge in [-0.05, 0) is 46.0 Å². The zero-order valence-corrected chi connectivity index (χ0v) is 13.9. The molecule has 0 aliphatic heterocycles. The summed E-state index contributed by atoms with van der Waals surface area (Å²) in [5.74, 6) is 1.23. The SMILES string of the molecule is COc1cc(O)cc(O)c1C1C=C(C)CCC1CC=C(C)C. The summed E-state index contributed by atoms with van der Waals surface area (Å²) in [5, 5.41) is 20.0. The minimum absolute atomic E-state index is 0.0236. The third-order valence-electron chi connectivity index (χ3n) is 4.37. The highest BCUT2D eigenvalue weighted by molar-refractivity contribution is 5.53. The highest BCUT2D eigenvalue weighted by Gasteiger charge is 2.29. The fraction of sp³-hybridized carbons (Fsp3) is 0.474. The first-order valence-electron chi connectivity index (χ1n) is 7.83. The number of allylic oxidation sites excluding steroid dienone is 4. The fourth-order valence-corrected chi connectivity index (χ4v) is 3.19. The largest absolute Gasteiger partial charge is 0.508 e. The van der Waals surface area contributed by atoms with Crippen molar-refractivity contribution in [3.05, 3.63) is 41.0 Å². The normalized spacial score (nSPS) is 21.2. The maximum atomic E-state index is 10.4. The van der Waals surface area contributed by atoms with Gasteiger partial charge in [0.05, 0.1) is 7.11 Å². The average Bonchev–Trinajstić information content (AvgIpc) is 2.45. The lowest BCUT2D eigenvalue weighted by Crippen LogP contribution is -2.16. The van der Waals surface area contributed by atoms with Gasteiger partial charge in [0.1, 0.15) is 17.2 Å². The Bertz CT molecular complexity index is 595. The molecule has 2 N–H and O–H groups in total. The second-order valence-electron chi connectivity index (χ2n) is 6.44. The van der Waals surface area contributed by atoms with Crippen molar-refractivity contribution < 1.29 is 14.9 Å². The molecule has 0 saturated heterocycles. The van der Waals surface area contributed by atoms with E-state index in [0.29, 0.717) is 11.7 Å². The van der Waals surface area contributed by atoms with E-state index >= 15 is 0 Å². The lowest BCUT2D eigenvalue weighted by Gasteiger charge is -2.31. The van der Waals surface area contributed by atoms with Gasteiger partial charge in [0, 0.05) is 23.6 Å². The molecule has 0 spiro atoms. The Morgan fingerprint density at radius 1 is 1.32 bits per heavy atom. The third kappa shape index (κ3) is 3.65. The van der Waals surface area contributed by atoms with Crippen molar-refractivity contribution in [2.24, 2.45) is 5.92 Å². The lowest BCUT2D eigenvalue weighted by atomic mass is 9.75. The Balaban J connectivity index is 2.46. The molecule has 1 aromatic carbocycles. The quantitative estimate of drug-likeness (QED) is 0.777. The molecule has 1 aliphatic carbocycles. The van der Waals surface area contributed by atoms with Crippen LogP contribution in [0.5, 0.6) is 17.2 Å². The predicted octanol–water partition coefficient (Wildman–Crippen LogP) is 4.90. The van der Waals surface area contributed by atoms with E-state index in [1.54, 1.807) is 13.2 Å². The Labute approximate surface area is 132 Å². The van der Waals surface area contributed by atoms with Crippen molar-refractivity contribution in [1.29, 1.82) is 0 Å². The van der Waals surface area contributed by atoms with Crippen LogP contribution in [0.15, 0.2) is 35.4 Å². The van der Waals surface area contributed by atoms with Gasteiger partial charge in [-0.2, -0.15) is 0 Å². The van der Waals surface area contributed by atoms with E-state index in [4.69, 9.17) is 4.74 Å². The molecule has 3 heteroatoms. The molecule has 1 aromatic rings. The molecular weight excluding hydrogens is 276 g/mol. The highest BCUT2D eigenvalue weighted by atomic mass is 16.5. The van der Waals surface area contributed by atoms with Crippen molar-refractivity contribution in [1.82, 2.24) is 0 Å². The summed E-state index contributed by atoms with van der Waals surface area (Å²) >= 11 is 0. The van der Waals surface area contributed by atoms with Crippen LogP contribution in [0.25, 0.3) is 0 Å². The second-order valence-corrected chi connectivity index (χ2v) is 6.44. The lowest BCUT2D eigenvalue weighted by molar-refractivity contribution is 0.362. The summed E-state index contributed by atoms with van der Waals surface area (Å²) in [6, 6.07) is 2.97. The average molecular weight is 302 g/mol. The van der Waals surface area contributed by atoms with Gasteiger partial charge in [0.15, 0.2) is 0 Å². The molecule has 0 bridgehead atoms. The molecule has 0 fully saturated rings. The number of benzene rings is 1. The highest BCUT2D eigenvalue weighted by Crippen LogP contribution is 2.46. The zero-order valence-electron chi connectivity index (χ0n) is 13.9. The number of phenols is 2. The van der Waals surface area contributed by atoms with Gasteiger partial charge < -0.3 is 14.9 Å². The predicted molar refractivity (Wildman–Crippen MR) is 89.6 cm³/mol. The number of aromatic hydroxyl groups is 2. The van der Waals surface area contributed by atoms with E-state index in [1.165, 1.54) is 17.2 Å². The minimum Gasteiger partial charge on any atom is -0.508 e. The van der Waals surface area contributed by atoms with Gasteiger partial charge in [-0.15, -0.1) is 0 Å². The summed E-state index contributed by atoms with van der Waals surface area (Å²) < 4.78 is 5.40. The summed E-state index contributed by atoms with van der Waals surface area (Å²) in [6.45, 7) is 6.35. The molecule has 2 rings (SSSR count). The Morgan fingerprint density at radius 3 is 2.68 bits per heavy atom. The number of rotatable bonds is 4. The molecule has 0 aromatic heterocycles. The molecular formula is C19H26O3. The molecule has 0 saturated carbocycles. The van der Waals surface area contributed by atoms with E-state index in [0.717, 1.165) is 24.8 Å². The molecule has 0 radical (unpaired) electrons. The molecule has 2 unspecified atom stereocenters. The summed E-state index contributed by atoms with van der Waals surface area (Å²) in [6.07, 6.45) is 7.68. The van der Waals surface area contributed by atoms with Crippen LogP contribution in [0.2, 0.25) is 0 Å². The summed E-state index contributed by atoms with van der Waals surface area (Å²) in [7, 11) is 1.57. The first kappa shape index (κ1) is 16.5. The van der Waals surface area contributed by atoms with Crippen LogP contribution >= 0.6 is 0 Å². The van der Waals surface area contributed by atoms with Gasteiger partial charge >= 0.3 is 0 Å². The van der Waals surface area contributed by atoms with Crippen molar-refractivity contribution >= 4 is 0 Å². The van der Waals surface area contributed by atoms with Gasteiger partial charge in [-0.25, -0.2) is 0 Å². The van der Waals surface area contributed by atoms with Crippen LogP contribution in [0.1, 0.15) is 51.5 Å². The maximum Gasteiger partial charge on any atom is 0.130 e. The number of ether oxygens (including phenoxy) is 1. The molecule has 0 amide bonds. The first-order chi connectivity index (χ1) is 10.4. The smallest absolute Gasteiger partial charge is 0.130 e. The molecule has 0 heterocycles. The zero-order chi connectivity index (χ0) is 16.3.